The maximum atomic E-state index is 6.02. The van der Waals surface area contributed by atoms with Gasteiger partial charge in [0.05, 0.1) is 6.54 Å². The number of fused-ring (bicyclic) bond motifs is 1. The summed E-state index contributed by atoms with van der Waals surface area (Å²) in [7, 11) is 0. The van der Waals surface area contributed by atoms with Crippen molar-refractivity contribution in [2.75, 3.05) is 13.1 Å². The Balaban J connectivity index is 1.99. The number of amidine groups is 1. The zero-order valence-electron chi connectivity index (χ0n) is 9.18. The van der Waals surface area contributed by atoms with Gasteiger partial charge in [0.25, 0.3) is 0 Å². The van der Waals surface area contributed by atoms with Crippen LogP contribution >= 0.6 is 11.3 Å². The van der Waals surface area contributed by atoms with Crippen LogP contribution in [0.25, 0.3) is 0 Å². The summed E-state index contributed by atoms with van der Waals surface area (Å²) >= 11 is 1.63. The fourth-order valence-electron chi connectivity index (χ4n) is 2.27. The fourth-order valence-corrected chi connectivity index (χ4v) is 2.93. The molecule has 0 saturated carbocycles. The van der Waals surface area contributed by atoms with E-state index in [0.29, 0.717) is 0 Å². The number of hydrogen-bond acceptors (Lipinski definition) is 5. The van der Waals surface area contributed by atoms with Crippen LogP contribution in [0.2, 0.25) is 0 Å². The van der Waals surface area contributed by atoms with Crippen LogP contribution in [0, 0.1) is 0 Å². The van der Waals surface area contributed by atoms with E-state index in [9.17, 15) is 0 Å². The predicted molar refractivity (Wildman–Crippen MR) is 65.5 cm³/mol. The van der Waals surface area contributed by atoms with E-state index in [2.05, 4.69) is 21.8 Å². The van der Waals surface area contributed by atoms with E-state index in [4.69, 9.17) is 5.73 Å². The average Bonchev–Trinajstić information content (AvgIpc) is 2.87. The molecule has 2 aliphatic heterocycles. The van der Waals surface area contributed by atoms with Crippen molar-refractivity contribution in [2.45, 2.75) is 19.4 Å². The minimum Gasteiger partial charge on any atom is -0.326 e. The van der Waals surface area contributed by atoms with Crippen molar-refractivity contribution in [1.29, 1.82) is 0 Å². The molecule has 16 heavy (non-hydrogen) atoms. The summed E-state index contributed by atoms with van der Waals surface area (Å²) in [5, 5.41) is 2.98. The lowest BCUT2D eigenvalue weighted by Gasteiger charge is -2.26. The third-order valence-electron chi connectivity index (χ3n) is 3.04. The van der Waals surface area contributed by atoms with E-state index < -0.39 is 0 Å². The number of rotatable bonds is 1. The number of thiazole rings is 1. The molecule has 5 heteroatoms. The molecule has 0 aliphatic carbocycles. The summed E-state index contributed by atoms with van der Waals surface area (Å²) in [6.07, 6.45) is 2.79. The molecule has 0 radical (unpaired) electrons. The van der Waals surface area contributed by atoms with Gasteiger partial charge in [-0.3, -0.25) is 4.99 Å². The van der Waals surface area contributed by atoms with E-state index in [1.54, 1.807) is 11.3 Å². The van der Waals surface area contributed by atoms with Crippen LogP contribution in [-0.2, 0) is 0 Å². The Hall–Kier alpha value is -1.20. The van der Waals surface area contributed by atoms with Crippen LogP contribution in [0.15, 0.2) is 27.8 Å². The number of aliphatic imine (C=N–C) groups is 1. The zero-order valence-corrected chi connectivity index (χ0v) is 10.00. The molecule has 3 heterocycles. The van der Waals surface area contributed by atoms with Crippen molar-refractivity contribution in [1.82, 2.24) is 9.88 Å². The Morgan fingerprint density at radius 2 is 2.44 bits per heavy atom. The molecular weight excluding hydrogens is 220 g/mol. The first-order chi connectivity index (χ1) is 7.75. The summed E-state index contributed by atoms with van der Waals surface area (Å²) in [5.41, 5.74) is 8.72. The van der Waals surface area contributed by atoms with Gasteiger partial charge < -0.3 is 10.6 Å². The highest BCUT2D eigenvalue weighted by atomic mass is 32.1. The first-order valence-corrected chi connectivity index (χ1v) is 6.29. The molecule has 2 aliphatic rings. The van der Waals surface area contributed by atoms with Crippen molar-refractivity contribution in [2.24, 2.45) is 10.7 Å². The second kappa shape index (κ2) is 3.68. The van der Waals surface area contributed by atoms with Gasteiger partial charge in [0.1, 0.15) is 0 Å². The van der Waals surface area contributed by atoms with Gasteiger partial charge in [-0.1, -0.05) is 0 Å². The molecule has 0 spiro atoms. The largest absolute Gasteiger partial charge is 0.326 e. The van der Waals surface area contributed by atoms with E-state index >= 15 is 0 Å². The molecule has 3 rings (SSSR count). The van der Waals surface area contributed by atoms with Gasteiger partial charge in [-0.25, -0.2) is 4.98 Å². The molecule has 0 bridgehead atoms. The van der Waals surface area contributed by atoms with Gasteiger partial charge in [0.2, 0.25) is 0 Å². The third-order valence-corrected chi connectivity index (χ3v) is 3.81. The molecule has 0 amide bonds. The molecule has 2 N–H and O–H groups in total. The van der Waals surface area contributed by atoms with Gasteiger partial charge in [0.15, 0.2) is 10.8 Å². The molecule has 0 aromatic carbocycles. The molecule has 1 atom stereocenters. The van der Waals surface area contributed by atoms with Gasteiger partial charge in [-0.2, -0.15) is 0 Å². The first kappa shape index (κ1) is 9.99. The van der Waals surface area contributed by atoms with E-state index in [1.165, 1.54) is 11.3 Å². The highest BCUT2D eigenvalue weighted by Gasteiger charge is 2.32. The number of nitrogens with zero attached hydrogens (tertiary/aromatic N) is 3. The standard InChI is InChI=1S/C11H14N4S/c1-7-5-14-10(11-13-2-3-16-11)15-6-8(12)4-9(7)15/h2-3,8H,4-6,12H2,1H3. The molecule has 84 valence electrons. The first-order valence-electron chi connectivity index (χ1n) is 5.42. The molecule has 1 aromatic rings. The monoisotopic (exact) mass is 234 g/mol. The van der Waals surface area contributed by atoms with Crippen molar-refractivity contribution in [3.63, 3.8) is 0 Å². The van der Waals surface area contributed by atoms with E-state index in [0.717, 1.165) is 30.4 Å². The quantitative estimate of drug-likeness (QED) is 0.794. The lowest BCUT2D eigenvalue weighted by Crippen LogP contribution is -2.34. The second-order valence-electron chi connectivity index (χ2n) is 4.28. The number of nitrogens with two attached hydrogens (primary N) is 1. The van der Waals surface area contributed by atoms with E-state index in [-0.39, 0.29) is 6.04 Å². The summed E-state index contributed by atoms with van der Waals surface area (Å²) in [4.78, 5) is 11.2. The Kier molecular flexibility index (Phi) is 2.29. The SMILES string of the molecule is CC1=C2CC(N)CN2C(c2nccs2)=NC1. The minimum absolute atomic E-state index is 0.230. The summed E-state index contributed by atoms with van der Waals surface area (Å²) in [6.45, 7) is 3.79. The molecule has 1 aromatic heterocycles. The molecule has 1 fully saturated rings. The van der Waals surface area contributed by atoms with Gasteiger partial charge in [-0.15, -0.1) is 11.3 Å². The Morgan fingerprint density at radius 1 is 1.56 bits per heavy atom. The minimum atomic E-state index is 0.230. The smallest absolute Gasteiger partial charge is 0.165 e. The Bertz CT molecular complexity index is 460. The normalized spacial score (nSPS) is 24.8. The maximum Gasteiger partial charge on any atom is 0.165 e. The fraction of sp³-hybridized carbons (Fsp3) is 0.455. The number of aromatic nitrogens is 1. The van der Waals surface area contributed by atoms with Crippen molar-refractivity contribution in [3.8, 4) is 0 Å². The second-order valence-corrected chi connectivity index (χ2v) is 5.17. The van der Waals surface area contributed by atoms with Gasteiger partial charge in [-0.05, 0) is 12.5 Å². The lowest BCUT2D eigenvalue weighted by atomic mass is 10.1. The molecule has 1 unspecified atom stereocenters. The van der Waals surface area contributed by atoms with Crippen LogP contribution in [0.3, 0.4) is 0 Å². The summed E-state index contributed by atoms with van der Waals surface area (Å²) in [5.74, 6) is 1.00. The Morgan fingerprint density at radius 3 is 3.19 bits per heavy atom. The van der Waals surface area contributed by atoms with Crippen molar-refractivity contribution < 1.29 is 0 Å². The maximum absolute atomic E-state index is 6.02. The average molecular weight is 234 g/mol. The van der Waals surface area contributed by atoms with Crippen LogP contribution in [0.4, 0.5) is 0 Å². The van der Waals surface area contributed by atoms with Crippen LogP contribution < -0.4 is 5.73 Å². The van der Waals surface area contributed by atoms with Crippen LogP contribution in [-0.4, -0.2) is 34.9 Å². The van der Waals surface area contributed by atoms with Gasteiger partial charge in [0, 0.05) is 36.3 Å². The molecule has 1 saturated heterocycles. The highest BCUT2D eigenvalue weighted by Crippen LogP contribution is 2.29. The van der Waals surface area contributed by atoms with Crippen molar-refractivity contribution >= 4 is 17.2 Å². The van der Waals surface area contributed by atoms with Crippen LogP contribution in [0.5, 0.6) is 0 Å². The Labute approximate surface area is 98.5 Å². The lowest BCUT2D eigenvalue weighted by molar-refractivity contribution is 0.547. The molecule has 4 nitrogen and oxygen atoms in total. The third kappa shape index (κ3) is 1.47. The van der Waals surface area contributed by atoms with Crippen LogP contribution in [0.1, 0.15) is 18.4 Å². The topological polar surface area (TPSA) is 54.5 Å². The number of hydrogen-bond donors (Lipinski definition) is 1. The predicted octanol–water partition coefficient (Wildman–Crippen LogP) is 1.21. The van der Waals surface area contributed by atoms with Gasteiger partial charge >= 0.3 is 0 Å². The van der Waals surface area contributed by atoms with Crippen molar-refractivity contribution in [3.05, 3.63) is 27.9 Å². The molecular formula is C11H14N4S. The van der Waals surface area contributed by atoms with E-state index in [1.807, 2.05) is 11.6 Å². The summed E-state index contributed by atoms with van der Waals surface area (Å²) < 4.78 is 0. The zero-order chi connectivity index (χ0) is 11.1. The highest BCUT2D eigenvalue weighted by molar-refractivity contribution is 7.11. The summed E-state index contributed by atoms with van der Waals surface area (Å²) in [6, 6.07) is 0.230.